The molecule has 0 aliphatic heterocycles. The molecule has 4 heteroatoms. The van der Waals surface area contributed by atoms with Crippen molar-refractivity contribution in [3.8, 4) is 0 Å². The monoisotopic (exact) mass is 462 g/mol. The van der Waals surface area contributed by atoms with Crippen molar-refractivity contribution in [2.24, 2.45) is 0 Å². The fraction of sp³-hybridized carbons (Fsp3) is 1.00. The van der Waals surface area contributed by atoms with Gasteiger partial charge < -0.3 is 48.0 Å². The molecular weight excluding hydrogens is 438 g/mol. The minimum Gasteiger partial charge on any atom is -1.00 e. The Balaban J connectivity index is -0.000000605. The van der Waals surface area contributed by atoms with Crippen molar-refractivity contribution in [3.05, 3.63) is 0 Å². The SMILES string of the molecule is C[S+](C)CCCCCC[S+](C)C.[I-].[I-]. The van der Waals surface area contributed by atoms with Gasteiger partial charge in [-0.15, -0.1) is 0 Å². The molecule has 0 heterocycles. The van der Waals surface area contributed by atoms with Crippen molar-refractivity contribution in [3.63, 3.8) is 0 Å². The van der Waals surface area contributed by atoms with Crippen LogP contribution in [0.15, 0.2) is 0 Å². The predicted molar refractivity (Wildman–Crippen MR) is 66.6 cm³/mol. The van der Waals surface area contributed by atoms with Crippen molar-refractivity contribution in [2.45, 2.75) is 25.7 Å². The minimum atomic E-state index is 0. The first-order valence-corrected chi connectivity index (χ1v) is 9.13. The largest absolute Gasteiger partial charge is 1.00 e. The summed E-state index contributed by atoms with van der Waals surface area (Å²) in [6.07, 6.45) is 15.2. The van der Waals surface area contributed by atoms with Crippen LogP contribution in [0.25, 0.3) is 0 Å². The van der Waals surface area contributed by atoms with E-state index in [1.807, 2.05) is 0 Å². The van der Waals surface area contributed by atoms with Crippen LogP contribution in [-0.2, 0) is 21.8 Å². The second-order valence-electron chi connectivity index (χ2n) is 3.79. The molecule has 0 aromatic rings. The molecule has 0 saturated carbocycles. The van der Waals surface area contributed by atoms with Crippen LogP contribution in [0.3, 0.4) is 0 Å². The molecular formula is C10H24I2S2. The maximum absolute atomic E-state index is 2.34. The first-order chi connectivity index (χ1) is 5.63. The summed E-state index contributed by atoms with van der Waals surface area (Å²) in [5.41, 5.74) is 0. The summed E-state index contributed by atoms with van der Waals surface area (Å²) in [5, 5.41) is 0. The smallest absolute Gasteiger partial charge is 0.107 e. The molecule has 0 aliphatic rings. The van der Waals surface area contributed by atoms with E-state index < -0.39 is 0 Å². The van der Waals surface area contributed by atoms with Crippen LogP contribution in [0.1, 0.15) is 25.7 Å². The molecule has 0 saturated heterocycles. The van der Waals surface area contributed by atoms with E-state index in [4.69, 9.17) is 0 Å². The van der Waals surface area contributed by atoms with Gasteiger partial charge in [0.05, 0.1) is 25.0 Å². The van der Waals surface area contributed by atoms with E-state index in [1.54, 1.807) is 0 Å². The number of rotatable bonds is 7. The summed E-state index contributed by atoms with van der Waals surface area (Å²) in [6, 6.07) is 0. The fourth-order valence-corrected chi connectivity index (χ4v) is 2.70. The molecule has 14 heavy (non-hydrogen) atoms. The van der Waals surface area contributed by atoms with E-state index in [9.17, 15) is 0 Å². The van der Waals surface area contributed by atoms with Gasteiger partial charge in [0, 0.05) is 0 Å². The van der Waals surface area contributed by atoms with Gasteiger partial charge in [-0.2, -0.15) is 0 Å². The van der Waals surface area contributed by atoms with Crippen LogP contribution < -0.4 is 48.0 Å². The Morgan fingerprint density at radius 1 is 0.571 bits per heavy atom. The lowest BCUT2D eigenvalue weighted by Gasteiger charge is -1.98. The Hall–Kier alpha value is 2.16. The molecule has 0 aromatic heterocycles. The topological polar surface area (TPSA) is 0 Å². The Labute approximate surface area is 130 Å². The summed E-state index contributed by atoms with van der Waals surface area (Å²) >= 11 is 0. The number of unbranched alkanes of at least 4 members (excludes halogenated alkanes) is 3. The minimum absolute atomic E-state index is 0. The third-order valence-electron chi connectivity index (χ3n) is 1.86. The molecule has 0 atom stereocenters. The zero-order chi connectivity index (χ0) is 9.40. The van der Waals surface area contributed by atoms with E-state index in [2.05, 4.69) is 25.0 Å². The summed E-state index contributed by atoms with van der Waals surface area (Å²) in [7, 11) is 1.34. The van der Waals surface area contributed by atoms with Gasteiger partial charge in [0.25, 0.3) is 0 Å². The molecule has 0 bridgehead atoms. The van der Waals surface area contributed by atoms with Crippen LogP contribution in [0, 0.1) is 0 Å². The van der Waals surface area contributed by atoms with Gasteiger partial charge >= 0.3 is 0 Å². The zero-order valence-corrected chi connectivity index (χ0v) is 15.8. The van der Waals surface area contributed by atoms with E-state index in [-0.39, 0.29) is 48.0 Å². The van der Waals surface area contributed by atoms with Crippen LogP contribution in [0.4, 0.5) is 0 Å². The highest BCUT2D eigenvalue weighted by atomic mass is 127. The summed E-state index contributed by atoms with van der Waals surface area (Å²) in [4.78, 5) is 0. The van der Waals surface area contributed by atoms with E-state index in [0.29, 0.717) is 21.8 Å². The molecule has 0 aliphatic carbocycles. The lowest BCUT2D eigenvalue weighted by atomic mass is 10.2. The first kappa shape index (κ1) is 21.4. The Bertz CT molecular complexity index is 86.1. The Morgan fingerprint density at radius 2 is 0.857 bits per heavy atom. The zero-order valence-electron chi connectivity index (χ0n) is 9.82. The standard InChI is InChI=1S/C10H24S2.2HI/c1-11(2)9-7-5-6-8-10-12(3)4;;/h5-10H2,1-4H3;2*1H/q+2;;/p-2. The highest BCUT2D eigenvalue weighted by Crippen LogP contribution is 2.03. The van der Waals surface area contributed by atoms with E-state index >= 15 is 0 Å². The van der Waals surface area contributed by atoms with Gasteiger partial charge in [-0.25, -0.2) is 0 Å². The van der Waals surface area contributed by atoms with Gasteiger partial charge in [0.1, 0.15) is 11.5 Å². The van der Waals surface area contributed by atoms with Gasteiger partial charge in [-0.05, 0) is 47.5 Å². The molecule has 0 aromatic carbocycles. The van der Waals surface area contributed by atoms with Crippen LogP contribution in [0.5, 0.6) is 0 Å². The van der Waals surface area contributed by atoms with Crippen molar-refractivity contribution in [1.29, 1.82) is 0 Å². The van der Waals surface area contributed by atoms with Crippen LogP contribution in [-0.4, -0.2) is 36.5 Å². The van der Waals surface area contributed by atoms with Crippen molar-refractivity contribution >= 4 is 21.8 Å². The number of halogens is 2. The van der Waals surface area contributed by atoms with E-state index in [0.717, 1.165) is 0 Å². The highest BCUT2D eigenvalue weighted by molar-refractivity contribution is 7.95. The number of hydrogen-bond donors (Lipinski definition) is 0. The average Bonchev–Trinajstić information content (AvgIpc) is 1.95. The van der Waals surface area contributed by atoms with Crippen LogP contribution in [0.2, 0.25) is 0 Å². The molecule has 0 fully saturated rings. The molecule has 0 unspecified atom stereocenters. The lowest BCUT2D eigenvalue weighted by molar-refractivity contribution is -0.00100. The molecule has 90 valence electrons. The third kappa shape index (κ3) is 19.7. The van der Waals surface area contributed by atoms with Crippen molar-refractivity contribution in [2.75, 3.05) is 36.5 Å². The summed E-state index contributed by atoms with van der Waals surface area (Å²) in [5.74, 6) is 2.90. The normalized spacial score (nSPS) is 9.86. The second-order valence-corrected chi connectivity index (χ2v) is 8.55. The highest BCUT2D eigenvalue weighted by Gasteiger charge is 2.03. The quantitative estimate of drug-likeness (QED) is 0.208. The van der Waals surface area contributed by atoms with Gasteiger partial charge in [0.2, 0.25) is 0 Å². The molecule has 0 radical (unpaired) electrons. The maximum Gasteiger partial charge on any atom is 0.107 e. The molecule has 0 spiro atoms. The number of hydrogen-bond acceptors (Lipinski definition) is 0. The lowest BCUT2D eigenvalue weighted by Crippen LogP contribution is -3.00. The molecule has 0 rings (SSSR count). The molecule has 0 nitrogen and oxygen atoms in total. The van der Waals surface area contributed by atoms with Gasteiger partial charge in [-0.3, -0.25) is 0 Å². The fourth-order valence-electron chi connectivity index (χ4n) is 1.14. The molecule has 0 N–H and O–H groups in total. The summed E-state index contributed by atoms with van der Waals surface area (Å²) < 4.78 is 0. The summed E-state index contributed by atoms with van der Waals surface area (Å²) in [6.45, 7) is 0. The molecule has 0 amide bonds. The van der Waals surface area contributed by atoms with Gasteiger partial charge in [0.15, 0.2) is 0 Å². The van der Waals surface area contributed by atoms with E-state index in [1.165, 1.54) is 37.2 Å². The second kappa shape index (κ2) is 15.2. The predicted octanol–water partition coefficient (Wildman–Crippen LogP) is -3.69. The average molecular weight is 462 g/mol. The van der Waals surface area contributed by atoms with Crippen LogP contribution >= 0.6 is 0 Å². The Kier molecular flexibility index (Phi) is 23.2. The Morgan fingerprint density at radius 3 is 1.07 bits per heavy atom. The van der Waals surface area contributed by atoms with Gasteiger partial charge in [-0.1, -0.05) is 0 Å². The maximum atomic E-state index is 2.34. The van der Waals surface area contributed by atoms with Crippen molar-refractivity contribution < 1.29 is 48.0 Å². The third-order valence-corrected chi connectivity index (χ3v) is 4.07. The first-order valence-electron chi connectivity index (χ1n) is 4.71. The van der Waals surface area contributed by atoms with Crippen molar-refractivity contribution in [1.82, 2.24) is 0 Å².